The van der Waals surface area contributed by atoms with Crippen LogP contribution in [0.3, 0.4) is 0 Å². The Bertz CT molecular complexity index is 442. The molecular formula is C12H14N2O3. The summed E-state index contributed by atoms with van der Waals surface area (Å²) in [6, 6.07) is 6.77. The van der Waals surface area contributed by atoms with E-state index >= 15 is 0 Å². The third kappa shape index (κ3) is 2.45. The highest BCUT2D eigenvalue weighted by Gasteiger charge is 2.30. The third-order valence-corrected chi connectivity index (χ3v) is 2.81. The number of hydrogen-bond donors (Lipinski definition) is 2. The molecule has 0 aliphatic carbocycles. The first-order valence-electron chi connectivity index (χ1n) is 5.41. The van der Waals surface area contributed by atoms with Crippen LogP contribution in [0.4, 0.5) is 5.69 Å². The number of piperazine rings is 1. The lowest BCUT2D eigenvalue weighted by atomic mass is 10.1. The van der Waals surface area contributed by atoms with Gasteiger partial charge >= 0.3 is 5.97 Å². The number of nitrogens with one attached hydrogen (secondary N) is 1. The minimum atomic E-state index is -0.936. The summed E-state index contributed by atoms with van der Waals surface area (Å²) < 4.78 is 0. The molecule has 0 saturated carbocycles. The molecule has 90 valence electrons. The zero-order valence-corrected chi connectivity index (χ0v) is 9.51. The van der Waals surface area contributed by atoms with Crippen LogP contribution in [0.25, 0.3) is 0 Å². The average Bonchev–Trinajstić information content (AvgIpc) is 2.31. The average molecular weight is 234 g/mol. The number of carbonyl (C=O) groups excluding carboxylic acids is 1. The van der Waals surface area contributed by atoms with E-state index in [0.29, 0.717) is 0 Å². The minimum Gasteiger partial charge on any atom is -0.480 e. The number of aryl methyl sites for hydroxylation is 1. The molecule has 0 spiro atoms. The number of carboxylic acid groups (broad SMARTS) is 1. The van der Waals surface area contributed by atoms with Crippen molar-refractivity contribution in [1.29, 1.82) is 0 Å². The second-order valence-electron chi connectivity index (χ2n) is 4.11. The second-order valence-corrected chi connectivity index (χ2v) is 4.11. The van der Waals surface area contributed by atoms with E-state index in [2.05, 4.69) is 5.32 Å². The predicted molar refractivity (Wildman–Crippen MR) is 63.0 cm³/mol. The molecule has 1 aliphatic heterocycles. The maximum Gasteiger partial charge on any atom is 0.322 e. The Morgan fingerprint density at radius 1 is 1.41 bits per heavy atom. The summed E-state index contributed by atoms with van der Waals surface area (Å²) in [6.45, 7) is 2.19. The molecule has 2 rings (SSSR count). The number of amides is 1. The molecule has 1 saturated heterocycles. The van der Waals surface area contributed by atoms with E-state index in [4.69, 9.17) is 5.11 Å². The number of aliphatic carboxylic acids is 1. The highest BCUT2D eigenvalue weighted by Crippen LogP contribution is 2.17. The first-order valence-corrected chi connectivity index (χ1v) is 5.41. The van der Waals surface area contributed by atoms with Crippen LogP contribution in [0.15, 0.2) is 24.3 Å². The van der Waals surface area contributed by atoms with Crippen LogP contribution in [0.5, 0.6) is 0 Å². The Balaban J connectivity index is 2.20. The predicted octanol–water partition coefficient (Wildman–Crippen LogP) is 0.384. The van der Waals surface area contributed by atoms with E-state index < -0.39 is 12.0 Å². The number of benzene rings is 1. The molecular weight excluding hydrogens is 220 g/mol. The van der Waals surface area contributed by atoms with Crippen LogP contribution >= 0.6 is 0 Å². The normalized spacial score (nSPS) is 20.4. The SMILES string of the molecule is Cc1ccc(N2CC(C(=O)O)NCC2=O)cc1. The Kier molecular flexibility index (Phi) is 3.10. The lowest BCUT2D eigenvalue weighted by Gasteiger charge is -2.31. The molecule has 1 aliphatic rings. The van der Waals surface area contributed by atoms with Crippen molar-refractivity contribution in [3.8, 4) is 0 Å². The van der Waals surface area contributed by atoms with Crippen LogP contribution in [-0.4, -0.2) is 36.1 Å². The number of carbonyl (C=O) groups is 2. The summed E-state index contributed by atoms with van der Waals surface area (Å²) in [7, 11) is 0. The summed E-state index contributed by atoms with van der Waals surface area (Å²) in [4.78, 5) is 24.1. The fraction of sp³-hybridized carbons (Fsp3) is 0.333. The molecule has 5 nitrogen and oxygen atoms in total. The number of rotatable bonds is 2. The number of hydrogen-bond acceptors (Lipinski definition) is 3. The van der Waals surface area contributed by atoms with E-state index in [1.807, 2.05) is 31.2 Å². The van der Waals surface area contributed by atoms with Gasteiger partial charge in [0.1, 0.15) is 6.04 Å². The minimum absolute atomic E-state index is 0.0604. The van der Waals surface area contributed by atoms with Gasteiger partial charge in [0.2, 0.25) is 5.91 Å². The first kappa shape index (κ1) is 11.6. The van der Waals surface area contributed by atoms with Gasteiger partial charge in [-0.1, -0.05) is 17.7 Å². The Hall–Kier alpha value is -1.88. The quantitative estimate of drug-likeness (QED) is 0.776. The lowest BCUT2D eigenvalue weighted by molar-refractivity contribution is -0.139. The molecule has 1 aromatic carbocycles. The highest BCUT2D eigenvalue weighted by molar-refractivity contribution is 5.97. The molecule has 1 fully saturated rings. The molecule has 1 unspecified atom stereocenters. The molecule has 0 radical (unpaired) electrons. The van der Waals surface area contributed by atoms with Crippen molar-refractivity contribution in [2.24, 2.45) is 0 Å². The van der Waals surface area contributed by atoms with Crippen molar-refractivity contribution in [2.45, 2.75) is 13.0 Å². The number of carboxylic acids is 1. The fourth-order valence-electron chi connectivity index (χ4n) is 1.79. The summed E-state index contributed by atoms with van der Waals surface area (Å²) in [5.74, 6) is -1.04. The standard InChI is InChI=1S/C12H14N2O3/c1-8-2-4-9(5-3-8)14-7-10(12(16)17)13-6-11(14)15/h2-5,10,13H,6-7H2,1H3,(H,16,17). The third-order valence-electron chi connectivity index (χ3n) is 2.81. The van der Waals surface area contributed by atoms with Gasteiger partial charge in [-0.15, -0.1) is 0 Å². The summed E-state index contributed by atoms with van der Waals surface area (Å²) in [6.07, 6.45) is 0. The smallest absolute Gasteiger partial charge is 0.322 e. The van der Waals surface area contributed by atoms with Crippen molar-refractivity contribution in [3.05, 3.63) is 29.8 Å². The molecule has 1 atom stereocenters. The molecule has 5 heteroatoms. The van der Waals surface area contributed by atoms with Gasteiger partial charge in [-0.25, -0.2) is 0 Å². The Morgan fingerprint density at radius 3 is 2.65 bits per heavy atom. The van der Waals surface area contributed by atoms with Gasteiger partial charge in [0, 0.05) is 5.69 Å². The van der Waals surface area contributed by atoms with Crippen LogP contribution < -0.4 is 10.2 Å². The first-order chi connectivity index (χ1) is 8.08. The summed E-state index contributed by atoms with van der Waals surface area (Å²) >= 11 is 0. The molecule has 1 heterocycles. The second kappa shape index (κ2) is 4.55. The fourth-order valence-corrected chi connectivity index (χ4v) is 1.79. The topological polar surface area (TPSA) is 69.6 Å². The highest BCUT2D eigenvalue weighted by atomic mass is 16.4. The lowest BCUT2D eigenvalue weighted by Crippen LogP contribution is -2.57. The zero-order valence-electron chi connectivity index (χ0n) is 9.51. The summed E-state index contributed by atoms with van der Waals surface area (Å²) in [5, 5.41) is 11.6. The zero-order chi connectivity index (χ0) is 12.4. The number of anilines is 1. The molecule has 1 amide bonds. The van der Waals surface area contributed by atoms with Gasteiger partial charge in [-0.05, 0) is 19.1 Å². The monoisotopic (exact) mass is 234 g/mol. The van der Waals surface area contributed by atoms with Crippen molar-refractivity contribution < 1.29 is 14.7 Å². The Morgan fingerprint density at radius 2 is 2.06 bits per heavy atom. The van der Waals surface area contributed by atoms with E-state index in [0.717, 1.165) is 11.3 Å². The maximum atomic E-state index is 11.7. The summed E-state index contributed by atoms with van der Waals surface area (Å²) in [5.41, 5.74) is 1.85. The molecule has 0 bridgehead atoms. The van der Waals surface area contributed by atoms with E-state index in [1.165, 1.54) is 4.90 Å². The van der Waals surface area contributed by atoms with E-state index in [-0.39, 0.29) is 19.0 Å². The van der Waals surface area contributed by atoms with Gasteiger partial charge in [-0.2, -0.15) is 0 Å². The van der Waals surface area contributed by atoms with Crippen LogP contribution in [-0.2, 0) is 9.59 Å². The molecule has 0 aromatic heterocycles. The van der Waals surface area contributed by atoms with Crippen molar-refractivity contribution in [3.63, 3.8) is 0 Å². The van der Waals surface area contributed by atoms with Gasteiger partial charge < -0.3 is 10.0 Å². The van der Waals surface area contributed by atoms with Crippen molar-refractivity contribution in [1.82, 2.24) is 5.32 Å². The van der Waals surface area contributed by atoms with Gasteiger partial charge in [-0.3, -0.25) is 14.9 Å². The van der Waals surface area contributed by atoms with Crippen LogP contribution in [0, 0.1) is 6.92 Å². The number of nitrogens with zero attached hydrogens (tertiary/aromatic N) is 1. The Labute approximate surface area is 99.0 Å². The van der Waals surface area contributed by atoms with Gasteiger partial charge in [0.25, 0.3) is 0 Å². The molecule has 2 N–H and O–H groups in total. The van der Waals surface area contributed by atoms with Gasteiger partial charge in [0.05, 0.1) is 13.1 Å². The molecule has 17 heavy (non-hydrogen) atoms. The van der Waals surface area contributed by atoms with Crippen molar-refractivity contribution in [2.75, 3.05) is 18.0 Å². The van der Waals surface area contributed by atoms with Crippen molar-refractivity contribution >= 4 is 17.6 Å². The van der Waals surface area contributed by atoms with Gasteiger partial charge in [0.15, 0.2) is 0 Å². The largest absolute Gasteiger partial charge is 0.480 e. The van der Waals surface area contributed by atoms with E-state index in [1.54, 1.807) is 0 Å². The van der Waals surface area contributed by atoms with Crippen LogP contribution in [0.1, 0.15) is 5.56 Å². The maximum absolute atomic E-state index is 11.7. The van der Waals surface area contributed by atoms with E-state index in [9.17, 15) is 9.59 Å². The van der Waals surface area contributed by atoms with Crippen LogP contribution in [0.2, 0.25) is 0 Å². The molecule has 1 aromatic rings.